The second-order valence-electron chi connectivity index (χ2n) is 7.53. The molecule has 1 fully saturated rings. The molecule has 3 aromatic carbocycles. The second kappa shape index (κ2) is 7.53. The molecule has 1 unspecified atom stereocenters. The van der Waals surface area contributed by atoms with Crippen LogP contribution in [-0.2, 0) is 4.79 Å². The molecule has 0 radical (unpaired) electrons. The molecular formula is C24H25NO2. The molecule has 4 rings (SSSR count). The zero-order chi connectivity index (χ0) is 18.8. The highest BCUT2D eigenvalue weighted by Gasteiger charge is 2.30. The van der Waals surface area contributed by atoms with Gasteiger partial charge in [0.05, 0.1) is 12.0 Å². The summed E-state index contributed by atoms with van der Waals surface area (Å²) >= 11 is 0. The van der Waals surface area contributed by atoms with Crippen LogP contribution in [0, 0.1) is 12.8 Å². The van der Waals surface area contributed by atoms with Gasteiger partial charge in [0.25, 0.3) is 0 Å². The number of aryl methyl sites for hydroxylation is 1. The van der Waals surface area contributed by atoms with E-state index >= 15 is 0 Å². The molecule has 0 saturated carbocycles. The van der Waals surface area contributed by atoms with Gasteiger partial charge in [-0.15, -0.1) is 0 Å². The maximum Gasteiger partial charge on any atom is 0.306 e. The van der Waals surface area contributed by atoms with Crippen LogP contribution in [0.5, 0.6) is 0 Å². The largest absolute Gasteiger partial charge is 0.481 e. The van der Waals surface area contributed by atoms with Crippen LogP contribution in [0.15, 0.2) is 66.7 Å². The Morgan fingerprint density at radius 3 is 2.44 bits per heavy atom. The van der Waals surface area contributed by atoms with Crippen molar-refractivity contribution in [2.24, 2.45) is 5.92 Å². The molecule has 1 heterocycles. The van der Waals surface area contributed by atoms with E-state index in [1.807, 2.05) is 0 Å². The number of hydrogen-bond donors (Lipinski definition) is 1. The maximum absolute atomic E-state index is 11.4. The number of piperidine rings is 1. The molecule has 1 aliphatic heterocycles. The Bertz CT molecular complexity index is 952. The van der Waals surface area contributed by atoms with Crippen LogP contribution in [-0.4, -0.2) is 29.1 Å². The molecule has 3 heteroatoms. The molecule has 3 nitrogen and oxygen atoms in total. The fourth-order valence-electron chi connectivity index (χ4n) is 4.32. The van der Waals surface area contributed by atoms with Crippen LogP contribution >= 0.6 is 0 Å². The first-order chi connectivity index (χ1) is 13.1. The molecule has 1 saturated heterocycles. The molecular weight excluding hydrogens is 334 g/mol. The molecule has 1 aliphatic rings. The highest BCUT2D eigenvalue weighted by atomic mass is 16.4. The third-order valence-corrected chi connectivity index (χ3v) is 5.72. The summed E-state index contributed by atoms with van der Waals surface area (Å²) in [5, 5.41) is 11.9. The smallest absolute Gasteiger partial charge is 0.306 e. The number of aliphatic carboxylic acids is 1. The molecule has 1 atom stereocenters. The van der Waals surface area contributed by atoms with Crippen molar-refractivity contribution in [1.82, 2.24) is 4.90 Å². The van der Waals surface area contributed by atoms with Crippen molar-refractivity contribution in [1.29, 1.82) is 0 Å². The molecule has 0 amide bonds. The summed E-state index contributed by atoms with van der Waals surface area (Å²) in [7, 11) is 0. The molecule has 0 aromatic heterocycles. The number of benzene rings is 3. The molecule has 0 aliphatic carbocycles. The van der Waals surface area contributed by atoms with E-state index in [4.69, 9.17) is 0 Å². The van der Waals surface area contributed by atoms with Crippen LogP contribution in [0.1, 0.15) is 35.6 Å². The first kappa shape index (κ1) is 17.7. The Kier molecular flexibility index (Phi) is 4.95. The number of rotatable bonds is 4. The third-order valence-electron chi connectivity index (χ3n) is 5.72. The van der Waals surface area contributed by atoms with E-state index in [2.05, 4.69) is 78.6 Å². The van der Waals surface area contributed by atoms with Crippen LogP contribution in [0.4, 0.5) is 0 Å². The Morgan fingerprint density at radius 1 is 1.00 bits per heavy atom. The number of likely N-dealkylation sites (tertiary alicyclic amines) is 1. The van der Waals surface area contributed by atoms with Crippen molar-refractivity contribution in [3.63, 3.8) is 0 Å². The highest BCUT2D eigenvalue weighted by molar-refractivity contribution is 5.86. The lowest BCUT2D eigenvalue weighted by Gasteiger charge is -2.37. The summed E-state index contributed by atoms with van der Waals surface area (Å²) in [4.78, 5) is 13.8. The minimum atomic E-state index is -0.660. The number of carbonyl (C=O) groups is 1. The van der Waals surface area contributed by atoms with Crippen LogP contribution < -0.4 is 0 Å². The predicted molar refractivity (Wildman–Crippen MR) is 109 cm³/mol. The number of hydrogen-bond acceptors (Lipinski definition) is 2. The van der Waals surface area contributed by atoms with E-state index in [1.165, 1.54) is 27.5 Å². The fourth-order valence-corrected chi connectivity index (χ4v) is 4.32. The number of carboxylic acid groups (broad SMARTS) is 1. The van der Waals surface area contributed by atoms with Gasteiger partial charge >= 0.3 is 5.97 Å². The number of carboxylic acids is 1. The van der Waals surface area contributed by atoms with Gasteiger partial charge in [0.15, 0.2) is 0 Å². The zero-order valence-electron chi connectivity index (χ0n) is 15.6. The van der Waals surface area contributed by atoms with Gasteiger partial charge < -0.3 is 5.11 Å². The molecule has 0 spiro atoms. The van der Waals surface area contributed by atoms with E-state index in [0.29, 0.717) is 12.8 Å². The van der Waals surface area contributed by atoms with Crippen LogP contribution in [0.25, 0.3) is 10.8 Å². The topological polar surface area (TPSA) is 40.5 Å². The fraction of sp³-hybridized carbons (Fsp3) is 0.292. The lowest BCUT2D eigenvalue weighted by molar-refractivity contribution is -0.143. The number of fused-ring (bicyclic) bond motifs is 1. The SMILES string of the molecule is Cc1cccc(C(c2cccc3ccccc23)N2CCC(C(=O)O)CC2)c1. The van der Waals surface area contributed by atoms with Gasteiger partial charge in [0.1, 0.15) is 0 Å². The first-order valence-electron chi connectivity index (χ1n) is 9.64. The lowest BCUT2D eigenvalue weighted by atomic mass is 9.88. The van der Waals surface area contributed by atoms with Crippen molar-refractivity contribution in [2.75, 3.05) is 13.1 Å². The summed E-state index contributed by atoms with van der Waals surface area (Å²) in [6.45, 7) is 3.73. The van der Waals surface area contributed by atoms with Gasteiger partial charge in [-0.2, -0.15) is 0 Å². The van der Waals surface area contributed by atoms with Gasteiger partial charge in [0.2, 0.25) is 0 Å². The monoisotopic (exact) mass is 359 g/mol. The van der Waals surface area contributed by atoms with E-state index < -0.39 is 5.97 Å². The molecule has 1 N–H and O–H groups in total. The van der Waals surface area contributed by atoms with Gasteiger partial charge in [-0.05, 0) is 54.8 Å². The Labute approximate surface area is 160 Å². The third kappa shape index (κ3) is 3.60. The first-order valence-corrected chi connectivity index (χ1v) is 9.64. The zero-order valence-corrected chi connectivity index (χ0v) is 15.6. The Morgan fingerprint density at radius 2 is 1.70 bits per heavy atom. The minimum absolute atomic E-state index is 0.144. The summed E-state index contributed by atoms with van der Waals surface area (Å²) in [6.07, 6.45) is 1.42. The Hall–Kier alpha value is -2.65. The van der Waals surface area contributed by atoms with Crippen molar-refractivity contribution in [2.45, 2.75) is 25.8 Å². The lowest BCUT2D eigenvalue weighted by Crippen LogP contribution is -2.39. The molecule has 27 heavy (non-hydrogen) atoms. The molecule has 138 valence electrons. The average molecular weight is 359 g/mol. The quantitative estimate of drug-likeness (QED) is 0.710. The highest BCUT2D eigenvalue weighted by Crippen LogP contribution is 2.36. The minimum Gasteiger partial charge on any atom is -0.481 e. The maximum atomic E-state index is 11.4. The van der Waals surface area contributed by atoms with Crippen molar-refractivity contribution in [3.8, 4) is 0 Å². The van der Waals surface area contributed by atoms with Crippen LogP contribution in [0.3, 0.4) is 0 Å². The van der Waals surface area contributed by atoms with E-state index in [1.54, 1.807) is 0 Å². The van der Waals surface area contributed by atoms with Crippen molar-refractivity contribution in [3.05, 3.63) is 83.4 Å². The average Bonchev–Trinajstić information content (AvgIpc) is 2.69. The van der Waals surface area contributed by atoms with E-state index in [-0.39, 0.29) is 12.0 Å². The Balaban J connectivity index is 1.78. The van der Waals surface area contributed by atoms with Gasteiger partial charge in [0, 0.05) is 0 Å². The normalized spacial score (nSPS) is 17.1. The van der Waals surface area contributed by atoms with Crippen molar-refractivity contribution >= 4 is 16.7 Å². The molecule has 3 aromatic rings. The predicted octanol–water partition coefficient (Wildman–Crippen LogP) is 5.03. The second-order valence-corrected chi connectivity index (χ2v) is 7.53. The van der Waals surface area contributed by atoms with Crippen molar-refractivity contribution < 1.29 is 9.90 Å². The van der Waals surface area contributed by atoms with Crippen LogP contribution in [0.2, 0.25) is 0 Å². The molecule has 0 bridgehead atoms. The number of nitrogens with zero attached hydrogens (tertiary/aromatic N) is 1. The summed E-state index contributed by atoms with van der Waals surface area (Å²) < 4.78 is 0. The van der Waals surface area contributed by atoms with Gasteiger partial charge in [-0.3, -0.25) is 9.69 Å². The van der Waals surface area contributed by atoms with E-state index in [9.17, 15) is 9.90 Å². The summed E-state index contributed by atoms with van der Waals surface area (Å²) in [6, 6.07) is 23.9. The standard InChI is InChI=1S/C24H25NO2/c1-17-6-4-9-20(16-17)23(25-14-12-19(13-15-25)24(26)27)22-11-5-8-18-7-2-3-10-21(18)22/h2-11,16,19,23H,12-15H2,1H3,(H,26,27). The van der Waals surface area contributed by atoms with Gasteiger partial charge in [-0.25, -0.2) is 0 Å². The summed E-state index contributed by atoms with van der Waals surface area (Å²) in [5.41, 5.74) is 3.82. The van der Waals surface area contributed by atoms with E-state index in [0.717, 1.165) is 13.1 Å². The summed E-state index contributed by atoms with van der Waals surface area (Å²) in [5.74, 6) is -0.876. The van der Waals surface area contributed by atoms with Gasteiger partial charge in [-0.1, -0.05) is 72.3 Å².